The van der Waals surface area contributed by atoms with Crippen molar-refractivity contribution in [1.29, 1.82) is 0 Å². The Morgan fingerprint density at radius 3 is 2.29 bits per heavy atom. The van der Waals surface area contributed by atoms with Crippen molar-refractivity contribution in [2.45, 2.75) is 13.3 Å². The highest BCUT2D eigenvalue weighted by molar-refractivity contribution is 5.31. The average molecular weight is 276 g/mol. The summed E-state index contributed by atoms with van der Waals surface area (Å²) < 4.78 is 5.84. The lowest BCUT2D eigenvalue weighted by molar-refractivity contribution is 0.455. The van der Waals surface area contributed by atoms with Crippen molar-refractivity contribution in [3.8, 4) is 11.6 Å². The van der Waals surface area contributed by atoms with E-state index < -0.39 is 0 Å². The second-order valence-electron chi connectivity index (χ2n) is 4.85. The van der Waals surface area contributed by atoms with Crippen molar-refractivity contribution in [1.82, 2.24) is 9.97 Å². The number of aryl methyl sites for hydroxylation is 1. The molecule has 104 valence electrons. The number of rotatable bonds is 4. The van der Waals surface area contributed by atoms with Gasteiger partial charge in [0.1, 0.15) is 11.6 Å². The van der Waals surface area contributed by atoms with Crippen molar-refractivity contribution < 1.29 is 4.74 Å². The lowest BCUT2D eigenvalue weighted by Crippen LogP contribution is -2.00. The monoisotopic (exact) mass is 276 g/mol. The molecule has 3 heteroatoms. The third-order valence-electron chi connectivity index (χ3n) is 3.14. The van der Waals surface area contributed by atoms with Crippen molar-refractivity contribution in [2.75, 3.05) is 0 Å². The van der Waals surface area contributed by atoms with E-state index >= 15 is 0 Å². The molecule has 0 aliphatic heterocycles. The second-order valence-corrected chi connectivity index (χ2v) is 4.85. The fourth-order valence-corrected chi connectivity index (χ4v) is 2.03. The van der Waals surface area contributed by atoms with Crippen molar-refractivity contribution in [3.05, 3.63) is 83.8 Å². The zero-order valence-electron chi connectivity index (χ0n) is 11.9. The van der Waals surface area contributed by atoms with Crippen LogP contribution in [0.15, 0.2) is 66.9 Å². The summed E-state index contributed by atoms with van der Waals surface area (Å²) in [5.41, 5.74) is 2.11. The molecule has 3 rings (SSSR count). The SMILES string of the molecule is Cc1cnc(Cc2ccccc2)nc1Oc1ccccc1. The minimum absolute atomic E-state index is 0.613. The van der Waals surface area contributed by atoms with E-state index in [2.05, 4.69) is 22.1 Å². The predicted octanol–water partition coefficient (Wildman–Crippen LogP) is 4.17. The Kier molecular flexibility index (Phi) is 3.92. The molecule has 0 radical (unpaired) electrons. The van der Waals surface area contributed by atoms with Crippen LogP contribution in [0.5, 0.6) is 11.6 Å². The Morgan fingerprint density at radius 1 is 0.905 bits per heavy atom. The normalized spacial score (nSPS) is 10.3. The largest absolute Gasteiger partial charge is 0.439 e. The van der Waals surface area contributed by atoms with Crippen LogP contribution >= 0.6 is 0 Å². The van der Waals surface area contributed by atoms with Gasteiger partial charge in [0.05, 0.1) is 0 Å². The van der Waals surface area contributed by atoms with E-state index in [1.165, 1.54) is 5.56 Å². The minimum atomic E-state index is 0.613. The molecule has 0 aliphatic carbocycles. The van der Waals surface area contributed by atoms with Gasteiger partial charge in [-0.2, -0.15) is 4.98 Å². The maximum atomic E-state index is 5.84. The fourth-order valence-electron chi connectivity index (χ4n) is 2.03. The predicted molar refractivity (Wildman–Crippen MR) is 82.5 cm³/mol. The summed E-state index contributed by atoms with van der Waals surface area (Å²) in [5, 5.41) is 0. The molecule has 0 spiro atoms. The third kappa shape index (κ3) is 3.45. The molecule has 1 aromatic heterocycles. The van der Waals surface area contributed by atoms with Gasteiger partial charge in [-0.25, -0.2) is 4.98 Å². The number of hydrogen-bond donors (Lipinski definition) is 0. The maximum absolute atomic E-state index is 5.84. The molecule has 0 amide bonds. The Bertz CT molecular complexity index is 712. The molecule has 0 saturated carbocycles. The summed E-state index contributed by atoms with van der Waals surface area (Å²) in [4.78, 5) is 8.91. The first-order valence-corrected chi connectivity index (χ1v) is 6.90. The summed E-state index contributed by atoms with van der Waals surface area (Å²) in [7, 11) is 0. The summed E-state index contributed by atoms with van der Waals surface area (Å²) in [6, 6.07) is 19.9. The lowest BCUT2D eigenvalue weighted by Gasteiger charge is -2.09. The zero-order chi connectivity index (χ0) is 14.5. The van der Waals surface area contributed by atoms with E-state index in [4.69, 9.17) is 4.74 Å². The number of benzene rings is 2. The third-order valence-corrected chi connectivity index (χ3v) is 3.14. The van der Waals surface area contributed by atoms with Gasteiger partial charge in [0.15, 0.2) is 0 Å². The van der Waals surface area contributed by atoms with E-state index in [1.54, 1.807) is 0 Å². The maximum Gasteiger partial charge on any atom is 0.225 e. The molecular formula is C18H16N2O. The first-order chi connectivity index (χ1) is 10.3. The van der Waals surface area contributed by atoms with E-state index in [-0.39, 0.29) is 0 Å². The van der Waals surface area contributed by atoms with Crippen LogP contribution in [0.4, 0.5) is 0 Å². The fraction of sp³-hybridized carbons (Fsp3) is 0.111. The number of ether oxygens (including phenoxy) is 1. The molecular weight excluding hydrogens is 260 g/mol. The van der Waals surface area contributed by atoms with Gasteiger partial charge in [-0.15, -0.1) is 0 Å². The van der Waals surface area contributed by atoms with E-state index in [0.717, 1.165) is 17.1 Å². The molecule has 2 aromatic carbocycles. The van der Waals surface area contributed by atoms with Crippen molar-refractivity contribution >= 4 is 0 Å². The summed E-state index contributed by atoms with van der Waals surface area (Å²) in [5.74, 6) is 2.16. The van der Waals surface area contributed by atoms with Gasteiger partial charge in [0.25, 0.3) is 0 Å². The molecule has 21 heavy (non-hydrogen) atoms. The molecule has 0 atom stereocenters. The summed E-state index contributed by atoms with van der Waals surface area (Å²) >= 11 is 0. The Balaban J connectivity index is 1.83. The van der Waals surface area contributed by atoms with Crippen LogP contribution in [0.2, 0.25) is 0 Å². The number of aromatic nitrogens is 2. The van der Waals surface area contributed by atoms with E-state index in [9.17, 15) is 0 Å². The van der Waals surface area contributed by atoms with Crippen molar-refractivity contribution in [2.24, 2.45) is 0 Å². The Labute approximate surface area is 124 Å². The van der Waals surface area contributed by atoms with Crippen molar-refractivity contribution in [3.63, 3.8) is 0 Å². The highest BCUT2D eigenvalue weighted by Crippen LogP contribution is 2.22. The molecule has 0 unspecified atom stereocenters. The highest BCUT2D eigenvalue weighted by Gasteiger charge is 2.07. The van der Waals surface area contributed by atoms with Gasteiger partial charge in [-0.05, 0) is 24.6 Å². The number of nitrogens with zero attached hydrogens (tertiary/aromatic N) is 2. The smallest absolute Gasteiger partial charge is 0.225 e. The van der Waals surface area contributed by atoms with Crippen LogP contribution in [-0.4, -0.2) is 9.97 Å². The van der Waals surface area contributed by atoms with Gasteiger partial charge in [0.2, 0.25) is 5.88 Å². The standard InChI is InChI=1S/C18H16N2O/c1-14-13-19-17(12-15-8-4-2-5-9-15)20-18(14)21-16-10-6-3-7-11-16/h2-11,13H,12H2,1H3. The van der Waals surface area contributed by atoms with E-state index in [0.29, 0.717) is 12.3 Å². The lowest BCUT2D eigenvalue weighted by atomic mass is 10.1. The first-order valence-electron chi connectivity index (χ1n) is 6.90. The van der Waals surface area contributed by atoms with Crippen LogP contribution in [0.3, 0.4) is 0 Å². The molecule has 0 fully saturated rings. The van der Waals surface area contributed by atoms with Crippen LogP contribution in [0.1, 0.15) is 17.0 Å². The van der Waals surface area contributed by atoms with Gasteiger partial charge in [0, 0.05) is 18.2 Å². The molecule has 0 saturated heterocycles. The summed E-state index contributed by atoms with van der Waals surface area (Å²) in [6.07, 6.45) is 2.51. The summed E-state index contributed by atoms with van der Waals surface area (Å²) in [6.45, 7) is 1.95. The van der Waals surface area contributed by atoms with Gasteiger partial charge < -0.3 is 4.74 Å². The molecule has 0 N–H and O–H groups in total. The number of hydrogen-bond acceptors (Lipinski definition) is 3. The highest BCUT2D eigenvalue weighted by atomic mass is 16.5. The number of para-hydroxylation sites is 1. The van der Waals surface area contributed by atoms with Gasteiger partial charge in [-0.1, -0.05) is 48.5 Å². The van der Waals surface area contributed by atoms with Gasteiger partial charge in [-0.3, -0.25) is 0 Å². The second kappa shape index (κ2) is 6.18. The molecule has 0 bridgehead atoms. The van der Waals surface area contributed by atoms with Crippen LogP contribution < -0.4 is 4.74 Å². The quantitative estimate of drug-likeness (QED) is 0.717. The molecule has 0 aliphatic rings. The molecule has 1 heterocycles. The minimum Gasteiger partial charge on any atom is -0.439 e. The Morgan fingerprint density at radius 2 is 1.57 bits per heavy atom. The zero-order valence-corrected chi connectivity index (χ0v) is 11.9. The topological polar surface area (TPSA) is 35.0 Å². The first kappa shape index (κ1) is 13.3. The Hall–Kier alpha value is -2.68. The van der Waals surface area contributed by atoms with Crippen LogP contribution in [-0.2, 0) is 6.42 Å². The van der Waals surface area contributed by atoms with Crippen LogP contribution in [0, 0.1) is 6.92 Å². The van der Waals surface area contributed by atoms with Crippen LogP contribution in [0.25, 0.3) is 0 Å². The molecule has 3 aromatic rings. The average Bonchev–Trinajstić information content (AvgIpc) is 2.53. The van der Waals surface area contributed by atoms with Gasteiger partial charge >= 0.3 is 0 Å². The van der Waals surface area contributed by atoms with E-state index in [1.807, 2.05) is 61.7 Å². The molecule has 3 nitrogen and oxygen atoms in total.